The van der Waals surface area contributed by atoms with Gasteiger partial charge in [0.05, 0.1) is 5.25 Å². The monoisotopic (exact) mass is 356 g/mol. The molecule has 0 bridgehead atoms. The van der Waals surface area contributed by atoms with Gasteiger partial charge in [-0.2, -0.15) is 0 Å². The lowest BCUT2D eigenvalue weighted by atomic mass is 9.93. The molecule has 1 atom stereocenters. The third-order valence-corrected chi connectivity index (χ3v) is 5.70. The Morgan fingerprint density at radius 2 is 1.92 bits per heavy atom. The van der Waals surface area contributed by atoms with Crippen molar-refractivity contribution in [1.82, 2.24) is 14.9 Å². The first-order valence-electron chi connectivity index (χ1n) is 8.63. The Labute approximate surface area is 153 Å². The Morgan fingerprint density at radius 3 is 2.56 bits per heavy atom. The van der Waals surface area contributed by atoms with Gasteiger partial charge >= 0.3 is 0 Å². The second-order valence-electron chi connectivity index (χ2n) is 6.51. The van der Waals surface area contributed by atoms with Gasteiger partial charge in [0.25, 0.3) is 0 Å². The van der Waals surface area contributed by atoms with Crippen molar-refractivity contribution in [2.45, 2.75) is 42.8 Å². The maximum absolute atomic E-state index is 12.7. The highest BCUT2D eigenvalue weighted by Crippen LogP contribution is 2.29. The van der Waals surface area contributed by atoms with E-state index in [0.29, 0.717) is 11.9 Å². The summed E-state index contributed by atoms with van der Waals surface area (Å²) in [7, 11) is 0. The summed E-state index contributed by atoms with van der Waals surface area (Å²) in [6, 6.07) is 10.2. The summed E-state index contributed by atoms with van der Waals surface area (Å²) in [5.74, 6) is 0.889. The maximum Gasteiger partial charge on any atom is 0.235 e. The van der Waals surface area contributed by atoms with Crippen molar-refractivity contribution in [3.05, 3.63) is 47.8 Å². The lowest BCUT2D eigenvalue weighted by Gasteiger charge is -2.33. The van der Waals surface area contributed by atoms with E-state index in [4.69, 9.17) is 5.73 Å². The van der Waals surface area contributed by atoms with Crippen LogP contribution in [-0.4, -0.2) is 39.1 Å². The number of anilines is 1. The number of nitrogens with two attached hydrogens (primary N) is 1. The minimum Gasteiger partial charge on any atom is -0.368 e. The van der Waals surface area contributed by atoms with Crippen molar-refractivity contribution in [2.24, 2.45) is 0 Å². The van der Waals surface area contributed by atoms with Gasteiger partial charge in [-0.25, -0.2) is 9.97 Å². The molecule has 1 aliphatic rings. The number of aryl methyl sites for hydroxylation is 1. The third kappa shape index (κ3) is 4.51. The van der Waals surface area contributed by atoms with Gasteiger partial charge < -0.3 is 10.6 Å². The Bertz CT molecular complexity index is 726. The van der Waals surface area contributed by atoms with Crippen molar-refractivity contribution < 1.29 is 4.79 Å². The van der Waals surface area contributed by atoms with E-state index in [9.17, 15) is 4.79 Å². The lowest BCUT2D eigenvalue weighted by molar-refractivity contribution is -0.131. The largest absolute Gasteiger partial charge is 0.368 e. The second kappa shape index (κ2) is 7.87. The number of rotatable bonds is 4. The summed E-state index contributed by atoms with van der Waals surface area (Å²) in [6.45, 7) is 5.60. The van der Waals surface area contributed by atoms with Crippen LogP contribution in [0, 0.1) is 6.92 Å². The van der Waals surface area contributed by atoms with Gasteiger partial charge in [0, 0.05) is 35.8 Å². The van der Waals surface area contributed by atoms with Gasteiger partial charge in [0.15, 0.2) is 0 Å². The van der Waals surface area contributed by atoms with Crippen molar-refractivity contribution in [3.8, 4) is 0 Å². The van der Waals surface area contributed by atoms with Gasteiger partial charge in [-0.1, -0.05) is 17.7 Å². The summed E-state index contributed by atoms with van der Waals surface area (Å²) in [6.07, 6.45) is 3.55. The number of amides is 1. The standard InChI is InChI=1S/C19H24N4OS/c1-13-3-5-16(6-4-13)25-14(2)18(24)23-11-8-15(9-12-23)17-7-10-21-19(20)22-17/h3-7,10,14-15H,8-9,11-12H2,1-2H3,(H2,20,21,22)/t14-/m0/s1. The third-order valence-electron chi connectivity index (χ3n) is 4.60. The number of piperidine rings is 1. The Hall–Kier alpha value is -2.08. The number of carbonyl (C=O) groups is 1. The number of thioether (sulfide) groups is 1. The number of likely N-dealkylation sites (tertiary alicyclic amines) is 1. The molecule has 1 fully saturated rings. The van der Waals surface area contributed by atoms with Gasteiger partial charge in [-0.15, -0.1) is 11.8 Å². The zero-order valence-electron chi connectivity index (χ0n) is 14.7. The smallest absolute Gasteiger partial charge is 0.235 e. The molecule has 1 amide bonds. The van der Waals surface area contributed by atoms with E-state index in [1.54, 1.807) is 18.0 Å². The molecular weight excluding hydrogens is 332 g/mol. The second-order valence-corrected chi connectivity index (χ2v) is 7.93. The van der Waals surface area contributed by atoms with Crippen LogP contribution in [0.1, 0.15) is 36.9 Å². The summed E-state index contributed by atoms with van der Waals surface area (Å²) in [5, 5.41) is -0.0750. The molecule has 0 aliphatic carbocycles. The molecule has 2 N–H and O–H groups in total. The average molecular weight is 356 g/mol. The number of nitrogens with zero attached hydrogens (tertiary/aromatic N) is 3. The topological polar surface area (TPSA) is 72.1 Å². The minimum atomic E-state index is -0.0750. The number of nitrogen functional groups attached to an aromatic ring is 1. The summed E-state index contributed by atoms with van der Waals surface area (Å²) in [5.41, 5.74) is 7.89. The van der Waals surface area contributed by atoms with E-state index >= 15 is 0 Å². The highest BCUT2D eigenvalue weighted by Gasteiger charge is 2.27. The Kier molecular flexibility index (Phi) is 5.58. The fourth-order valence-electron chi connectivity index (χ4n) is 3.14. The van der Waals surface area contributed by atoms with Crippen LogP contribution >= 0.6 is 11.8 Å². The molecule has 25 heavy (non-hydrogen) atoms. The maximum atomic E-state index is 12.7. The normalized spacial score (nSPS) is 16.6. The SMILES string of the molecule is Cc1ccc(S[C@@H](C)C(=O)N2CCC(c3ccnc(N)n3)CC2)cc1. The molecule has 2 aromatic rings. The summed E-state index contributed by atoms with van der Waals surface area (Å²) >= 11 is 1.62. The molecule has 0 unspecified atom stereocenters. The first-order valence-corrected chi connectivity index (χ1v) is 9.51. The van der Waals surface area contributed by atoms with Crippen molar-refractivity contribution >= 4 is 23.6 Å². The molecule has 1 saturated heterocycles. The van der Waals surface area contributed by atoms with Crippen LogP contribution in [0.3, 0.4) is 0 Å². The molecule has 1 aromatic heterocycles. The van der Waals surface area contributed by atoms with Gasteiger partial charge in [-0.05, 0) is 44.9 Å². The molecular formula is C19H24N4OS. The first-order chi connectivity index (χ1) is 12.0. The minimum absolute atomic E-state index is 0.0750. The number of aromatic nitrogens is 2. The molecule has 3 rings (SSSR count). The molecule has 132 valence electrons. The fraction of sp³-hybridized carbons (Fsp3) is 0.421. The van der Waals surface area contributed by atoms with Crippen LogP contribution in [0.5, 0.6) is 0 Å². The van der Waals surface area contributed by atoms with Crippen molar-refractivity contribution in [1.29, 1.82) is 0 Å². The molecule has 2 heterocycles. The molecule has 0 radical (unpaired) electrons. The predicted octanol–water partition coefficient (Wildman–Crippen LogP) is 3.25. The van der Waals surface area contributed by atoms with E-state index in [2.05, 4.69) is 41.2 Å². The van der Waals surface area contributed by atoms with E-state index in [1.807, 2.05) is 17.9 Å². The molecule has 0 spiro atoms. The van der Waals surface area contributed by atoms with Crippen LogP contribution in [0.15, 0.2) is 41.4 Å². The number of carbonyl (C=O) groups excluding carboxylic acids is 1. The predicted molar refractivity (Wildman–Crippen MR) is 101 cm³/mol. The van der Waals surface area contributed by atoms with Crippen molar-refractivity contribution in [2.75, 3.05) is 18.8 Å². The average Bonchev–Trinajstić information content (AvgIpc) is 2.63. The van der Waals surface area contributed by atoms with Crippen LogP contribution < -0.4 is 5.73 Å². The van der Waals surface area contributed by atoms with Crippen LogP contribution in [0.25, 0.3) is 0 Å². The number of hydrogen-bond acceptors (Lipinski definition) is 5. The number of benzene rings is 1. The fourth-order valence-corrected chi connectivity index (χ4v) is 4.09. The van der Waals surface area contributed by atoms with Crippen LogP contribution in [-0.2, 0) is 4.79 Å². The van der Waals surface area contributed by atoms with Gasteiger partial charge in [0.1, 0.15) is 0 Å². The van der Waals surface area contributed by atoms with E-state index in [1.165, 1.54) is 5.56 Å². The van der Waals surface area contributed by atoms with E-state index < -0.39 is 0 Å². The molecule has 0 saturated carbocycles. The molecule has 5 nitrogen and oxygen atoms in total. The molecule has 6 heteroatoms. The van der Waals surface area contributed by atoms with E-state index in [0.717, 1.165) is 36.5 Å². The van der Waals surface area contributed by atoms with Gasteiger partial charge in [-0.3, -0.25) is 4.79 Å². The highest BCUT2D eigenvalue weighted by atomic mass is 32.2. The summed E-state index contributed by atoms with van der Waals surface area (Å²) in [4.78, 5) is 24.1. The summed E-state index contributed by atoms with van der Waals surface area (Å²) < 4.78 is 0. The van der Waals surface area contributed by atoms with Gasteiger partial charge in [0.2, 0.25) is 11.9 Å². The Balaban J connectivity index is 1.54. The Morgan fingerprint density at radius 1 is 1.24 bits per heavy atom. The van der Waals surface area contributed by atoms with Crippen LogP contribution in [0.4, 0.5) is 5.95 Å². The zero-order chi connectivity index (χ0) is 17.8. The van der Waals surface area contributed by atoms with Crippen LogP contribution in [0.2, 0.25) is 0 Å². The highest BCUT2D eigenvalue weighted by molar-refractivity contribution is 8.00. The first kappa shape index (κ1) is 17.7. The quantitative estimate of drug-likeness (QED) is 0.852. The van der Waals surface area contributed by atoms with E-state index in [-0.39, 0.29) is 11.2 Å². The molecule has 1 aliphatic heterocycles. The number of hydrogen-bond donors (Lipinski definition) is 1. The van der Waals surface area contributed by atoms with Crippen molar-refractivity contribution in [3.63, 3.8) is 0 Å². The zero-order valence-corrected chi connectivity index (χ0v) is 15.5. The lowest BCUT2D eigenvalue weighted by Crippen LogP contribution is -2.41. The molecule has 1 aromatic carbocycles.